The van der Waals surface area contributed by atoms with Crippen LogP contribution in [0.4, 0.5) is 0 Å². The summed E-state index contributed by atoms with van der Waals surface area (Å²) in [7, 11) is 0. The molecule has 1 atom stereocenters. The van der Waals surface area contributed by atoms with Gasteiger partial charge in [0.2, 0.25) is 5.91 Å². The van der Waals surface area contributed by atoms with Crippen LogP contribution in [0.5, 0.6) is 0 Å². The minimum atomic E-state index is -0.536. The van der Waals surface area contributed by atoms with Gasteiger partial charge in [-0.3, -0.25) is 15.4 Å². The summed E-state index contributed by atoms with van der Waals surface area (Å²) in [6, 6.07) is 7.62. The molecule has 1 saturated heterocycles. The number of rotatable bonds is 0. The fourth-order valence-corrected chi connectivity index (χ4v) is 3.94. The summed E-state index contributed by atoms with van der Waals surface area (Å²) < 4.78 is 0. The average molecular weight is 335 g/mol. The summed E-state index contributed by atoms with van der Waals surface area (Å²) in [5, 5.41) is 2.42. The third-order valence-electron chi connectivity index (χ3n) is 4.93. The number of hydrogen-bond acceptors (Lipinski definition) is 2. The second kappa shape index (κ2) is 4.97. The van der Waals surface area contributed by atoms with Crippen molar-refractivity contribution in [2.75, 3.05) is 6.54 Å². The monoisotopic (exact) mass is 334 g/mol. The molecule has 0 bridgehead atoms. The number of amides is 2. The number of H-pyrrole nitrogens is 1. The van der Waals surface area contributed by atoms with Gasteiger partial charge in [0.05, 0.1) is 5.54 Å². The topological polar surface area (TPSA) is 84.0 Å². The Morgan fingerprint density at radius 1 is 1.26 bits per heavy atom. The van der Waals surface area contributed by atoms with E-state index in [0.29, 0.717) is 6.42 Å². The van der Waals surface area contributed by atoms with E-state index in [4.69, 9.17) is 0 Å². The van der Waals surface area contributed by atoms with Crippen molar-refractivity contribution in [1.29, 1.82) is 0 Å². The molecule has 0 radical (unpaired) electrons. The fourth-order valence-electron chi connectivity index (χ4n) is 3.94. The Bertz CT molecular complexity index is 814. The number of para-hydroxylation sites is 1. The Hall–Kier alpha value is -2.05. The van der Waals surface area contributed by atoms with Crippen molar-refractivity contribution in [2.24, 2.45) is 0 Å². The number of aromatic amines is 1. The van der Waals surface area contributed by atoms with Crippen LogP contribution >= 0.6 is 0 Å². The normalized spacial score (nSPS) is 22.7. The van der Waals surface area contributed by atoms with Crippen molar-refractivity contribution in [3.63, 3.8) is 0 Å². The van der Waals surface area contributed by atoms with E-state index in [2.05, 4.69) is 16.9 Å². The van der Waals surface area contributed by atoms with E-state index >= 15 is 0 Å². The SMILES string of the molecule is CC1(C)c2[nH]c3ccccc3c2CC2C(=O)N([NH3+])CC(=O)N21.[Cl-]. The Morgan fingerprint density at radius 3 is 2.70 bits per heavy atom. The summed E-state index contributed by atoms with van der Waals surface area (Å²) in [6.45, 7) is 4.04. The molecule has 6 nitrogen and oxygen atoms in total. The number of carbonyl (C=O) groups excluding carboxylic acids is 2. The highest BCUT2D eigenvalue weighted by Crippen LogP contribution is 2.42. The summed E-state index contributed by atoms with van der Waals surface area (Å²) in [4.78, 5) is 30.2. The quantitative estimate of drug-likeness (QED) is 0.544. The number of nitrogens with one attached hydrogen (secondary N) is 1. The van der Waals surface area contributed by atoms with Gasteiger partial charge in [-0.15, -0.1) is 0 Å². The van der Waals surface area contributed by atoms with E-state index in [0.717, 1.165) is 22.2 Å². The number of hydrogen-bond donors (Lipinski definition) is 2. The smallest absolute Gasteiger partial charge is 0.291 e. The van der Waals surface area contributed by atoms with Gasteiger partial charge in [0.25, 0.3) is 5.91 Å². The number of carbonyl (C=O) groups is 2. The molecule has 1 aromatic heterocycles. The lowest BCUT2D eigenvalue weighted by Gasteiger charge is -2.49. The average Bonchev–Trinajstić information content (AvgIpc) is 2.84. The van der Waals surface area contributed by atoms with E-state index < -0.39 is 11.6 Å². The summed E-state index contributed by atoms with van der Waals surface area (Å²) >= 11 is 0. The van der Waals surface area contributed by atoms with Gasteiger partial charge in [-0.2, -0.15) is 5.01 Å². The van der Waals surface area contributed by atoms with Crippen molar-refractivity contribution in [3.05, 3.63) is 35.5 Å². The maximum atomic E-state index is 12.5. The molecule has 7 heteroatoms. The molecule has 4 N–H and O–H groups in total. The highest BCUT2D eigenvalue weighted by molar-refractivity contribution is 5.96. The zero-order valence-corrected chi connectivity index (χ0v) is 13.9. The maximum absolute atomic E-state index is 12.5. The number of nitrogens with zero attached hydrogens (tertiary/aromatic N) is 2. The van der Waals surface area contributed by atoms with Crippen LogP contribution in [0.15, 0.2) is 24.3 Å². The van der Waals surface area contributed by atoms with E-state index in [1.165, 1.54) is 5.01 Å². The number of benzene rings is 1. The van der Waals surface area contributed by atoms with Crippen LogP contribution in [0.2, 0.25) is 0 Å². The summed E-state index contributed by atoms with van der Waals surface area (Å²) in [5.74, 6) is 3.57. The van der Waals surface area contributed by atoms with Crippen LogP contribution in [-0.4, -0.2) is 39.3 Å². The van der Waals surface area contributed by atoms with Crippen molar-refractivity contribution < 1.29 is 27.8 Å². The van der Waals surface area contributed by atoms with Gasteiger partial charge in [0, 0.05) is 23.0 Å². The van der Waals surface area contributed by atoms with Crippen LogP contribution in [0.3, 0.4) is 0 Å². The number of aromatic nitrogens is 1. The lowest BCUT2D eigenvalue weighted by molar-refractivity contribution is -0.550. The number of fused-ring (bicyclic) bond motifs is 4. The first kappa shape index (κ1) is 15.8. The lowest BCUT2D eigenvalue weighted by atomic mass is 9.82. The van der Waals surface area contributed by atoms with Crippen molar-refractivity contribution >= 4 is 22.7 Å². The Balaban J connectivity index is 0.00000156. The Labute approximate surface area is 140 Å². The third kappa shape index (κ3) is 1.98. The fraction of sp³-hybridized carbons (Fsp3) is 0.375. The van der Waals surface area contributed by atoms with Gasteiger partial charge in [-0.1, -0.05) is 18.2 Å². The summed E-state index contributed by atoms with van der Waals surface area (Å²) in [5.41, 5.74) is 2.68. The standard InChI is InChI=1S/C16H18N4O2.ClH/c1-16(2)14-10(9-5-3-4-6-11(9)18-14)7-12-15(22)19(17)8-13(21)20(12)16;/h3-6,12,18H,7-8,17H2,1-2H3;1H. The minimum absolute atomic E-state index is 0. The molecule has 1 aromatic carbocycles. The number of halogens is 1. The Morgan fingerprint density at radius 2 is 1.96 bits per heavy atom. The molecule has 2 aliphatic heterocycles. The van der Waals surface area contributed by atoms with E-state index in [1.54, 1.807) is 4.90 Å². The zero-order chi connectivity index (χ0) is 15.6. The third-order valence-corrected chi connectivity index (χ3v) is 4.93. The first-order chi connectivity index (χ1) is 10.4. The van der Waals surface area contributed by atoms with Crippen LogP contribution in [0.1, 0.15) is 25.1 Å². The lowest BCUT2D eigenvalue weighted by Crippen LogP contribution is -3.00. The first-order valence-electron chi connectivity index (χ1n) is 7.45. The molecule has 2 aromatic rings. The van der Waals surface area contributed by atoms with Crippen molar-refractivity contribution in [2.45, 2.75) is 31.8 Å². The molecular weight excluding hydrogens is 316 g/mol. The largest absolute Gasteiger partial charge is 1.00 e. The predicted octanol–water partition coefficient (Wildman–Crippen LogP) is -2.84. The summed E-state index contributed by atoms with van der Waals surface area (Å²) in [6.07, 6.45) is 0.541. The first-order valence-corrected chi connectivity index (χ1v) is 7.45. The van der Waals surface area contributed by atoms with Crippen molar-refractivity contribution in [3.8, 4) is 0 Å². The highest BCUT2D eigenvalue weighted by Gasteiger charge is 2.51. The minimum Gasteiger partial charge on any atom is -1.00 e. The molecule has 0 saturated carbocycles. The molecule has 1 fully saturated rings. The molecule has 1 unspecified atom stereocenters. The molecule has 2 aliphatic rings. The van der Waals surface area contributed by atoms with E-state index in [9.17, 15) is 9.59 Å². The molecule has 2 amide bonds. The van der Waals surface area contributed by atoms with Gasteiger partial charge < -0.3 is 22.3 Å². The van der Waals surface area contributed by atoms with Gasteiger partial charge in [0.1, 0.15) is 6.04 Å². The van der Waals surface area contributed by atoms with Crippen molar-refractivity contribution in [1.82, 2.24) is 14.9 Å². The molecule has 0 spiro atoms. The van der Waals surface area contributed by atoms with Gasteiger partial charge in [0.15, 0.2) is 6.54 Å². The second-order valence-electron chi connectivity index (χ2n) is 6.60. The van der Waals surface area contributed by atoms with Crippen LogP contribution in [0.25, 0.3) is 10.9 Å². The zero-order valence-electron chi connectivity index (χ0n) is 13.1. The van der Waals surface area contributed by atoms with Crippen LogP contribution in [-0.2, 0) is 21.5 Å². The van der Waals surface area contributed by atoms with Gasteiger partial charge >= 0.3 is 0 Å². The Kier molecular flexibility index (Phi) is 3.42. The molecule has 3 heterocycles. The molecule has 122 valence electrons. The van der Waals surface area contributed by atoms with Crippen LogP contribution < -0.4 is 18.2 Å². The van der Waals surface area contributed by atoms with E-state index in [1.807, 2.05) is 32.0 Å². The molecule has 4 rings (SSSR count). The van der Waals surface area contributed by atoms with Crippen LogP contribution in [0, 0.1) is 0 Å². The molecule has 0 aliphatic carbocycles. The number of piperazine rings is 1. The van der Waals surface area contributed by atoms with Gasteiger partial charge in [-0.25, -0.2) is 0 Å². The highest BCUT2D eigenvalue weighted by atomic mass is 35.5. The van der Waals surface area contributed by atoms with Gasteiger partial charge in [-0.05, 0) is 25.5 Å². The molecule has 23 heavy (non-hydrogen) atoms. The number of quaternary nitrogens is 1. The van der Waals surface area contributed by atoms with E-state index in [-0.39, 0.29) is 30.8 Å². The second-order valence-corrected chi connectivity index (χ2v) is 6.60. The molecular formula is C16H19ClN4O2. The maximum Gasteiger partial charge on any atom is 0.291 e. The predicted molar refractivity (Wildman–Crippen MR) is 80.3 cm³/mol.